The number of rotatable bonds is 7. The van der Waals surface area contributed by atoms with E-state index in [9.17, 15) is 9.90 Å². The van der Waals surface area contributed by atoms with Crippen molar-refractivity contribution < 1.29 is 19.4 Å². The average Bonchev–Trinajstić information content (AvgIpc) is 3.48. The topological polar surface area (TPSA) is 72.7 Å². The highest BCUT2D eigenvalue weighted by Crippen LogP contribution is 2.46. The number of methoxy groups -OCH3 is 2. The fraction of sp³-hybridized carbons (Fsp3) is 0.464. The van der Waals surface area contributed by atoms with Crippen LogP contribution in [0.1, 0.15) is 50.5 Å². The summed E-state index contributed by atoms with van der Waals surface area (Å²) in [6.45, 7) is 0.899. The number of ether oxygens (including phenoxy) is 2. The number of benzene rings is 1. The zero-order valence-corrected chi connectivity index (χ0v) is 20.1. The summed E-state index contributed by atoms with van der Waals surface area (Å²) >= 11 is 0. The number of allylic oxidation sites excluding steroid dienone is 2. The van der Waals surface area contributed by atoms with E-state index in [1.54, 1.807) is 7.11 Å². The first kappa shape index (κ1) is 22.8. The van der Waals surface area contributed by atoms with E-state index in [0.29, 0.717) is 24.3 Å². The van der Waals surface area contributed by atoms with Crippen molar-refractivity contribution in [2.45, 2.75) is 57.5 Å². The van der Waals surface area contributed by atoms with Crippen molar-refractivity contribution in [3.05, 3.63) is 58.8 Å². The fourth-order valence-electron chi connectivity index (χ4n) is 5.95. The lowest BCUT2D eigenvalue weighted by atomic mass is 9.77. The normalized spacial score (nSPS) is 20.6. The molecule has 2 heterocycles. The summed E-state index contributed by atoms with van der Waals surface area (Å²) in [4.78, 5) is 12.2. The first-order chi connectivity index (χ1) is 16.7. The smallest absolute Gasteiger partial charge is 0.333 e. The maximum Gasteiger partial charge on any atom is 0.333 e. The molecule has 2 aromatic rings. The Hall–Kier alpha value is -2.99. The molecule has 1 aromatic carbocycles. The summed E-state index contributed by atoms with van der Waals surface area (Å²) in [5.74, 6) is 1.11. The molecule has 180 valence electrons. The van der Waals surface area contributed by atoms with Gasteiger partial charge in [-0.2, -0.15) is 0 Å². The molecule has 2 aliphatic carbocycles. The maximum atomic E-state index is 12.2. The Balaban J connectivity index is 1.67. The van der Waals surface area contributed by atoms with Gasteiger partial charge in [-0.3, -0.25) is 0 Å². The molecule has 0 amide bonds. The molecule has 6 heteroatoms. The maximum absolute atomic E-state index is 12.2. The van der Waals surface area contributed by atoms with Crippen molar-refractivity contribution in [1.29, 1.82) is 0 Å². The molecule has 1 unspecified atom stereocenters. The van der Waals surface area contributed by atoms with Crippen LogP contribution < -0.4 is 10.1 Å². The third-order valence-corrected chi connectivity index (χ3v) is 7.56. The van der Waals surface area contributed by atoms with Gasteiger partial charge in [0.1, 0.15) is 5.75 Å². The van der Waals surface area contributed by atoms with Crippen LogP contribution in [0.25, 0.3) is 16.6 Å². The van der Waals surface area contributed by atoms with Gasteiger partial charge in [-0.1, -0.05) is 31.4 Å². The third kappa shape index (κ3) is 3.94. The van der Waals surface area contributed by atoms with E-state index in [0.717, 1.165) is 28.8 Å². The second-order valence-electron chi connectivity index (χ2n) is 9.49. The minimum Gasteiger partial charge on any atom is -0.496 e. The van der Waals surface area contributed by atoms with Crippen molar-refractivity contribution >= 4 is 22.6 Å². The molecular weight excluding hydrogens is 428 g/mol. The molecule has 5 rings (SSSR count). The van der Waals surface area contributed by atoms with Crippen LogP contribution in [-0.4, -0.2) is 42.5 Å². The minimum absolute atomic E-state index is 0.0732. The number of esters is 1. The van der Waals surface area contributed by atoms with Crippen molar-refractivity contribution in [3.8, 4) is 5.75 Å². The van der Waals surface area contributed by atoms with E-state index < -0.39 is 0 Å². The number of aliphatic hydroxyl groups excluding tert-OH is 1. The van der Waals surface area contributed by atoms with Crippen LogP contribution in [0.2, 0.25) is 0 Å². The van der Waals surface area contributed by atoms with Crippen LogP contribution >= 0.6 is 0 Å². The molecule has 0 spiro atoms. The number of aryl methyl sites for hydroxylation is 1. The van der Waals surface area contributed by atoms with Crippen LogP contribution in [0, 0.1) is 5.92 Å². The molecule has 1 aliphatic heterocycles. The Kier molecular flexibility index (Phi) is 6.50. The number of hydrogen-bond acceptors (Lipinski definition) is 5. The lowest BCUT2D eigenvalue weighted by molar-refractivity contribution is -0.136. The lowest BCUT2D eigenvalue weighted by Crippen LogP contribution is -2.28. The van der Waals surface area contributed by atoms with Crippen molar-refractivity contribution in [3.63, 3.8) is 0 Å². The van der Waals surface area contributed by atoms with Gasteiger partial charge in [0.2, 0.25) is 0 Å². The van der Waals surface area contributed by atoms with Gasteiger partial charge in [0, 0.05) is 48.0 Å². The lowest BCUT2D eigenvalue weighted by Gasteiger charge is -2.26. The van der Waals surface area contributed by atoms with Crippen molar-refractivity contribution in [2.24, 2.45) is 5.92 Å². The number of nitrogens with zero attached hydrogens (tertiary/aromatic N) is 1. The Morgan fingerprint density at radius 1 is 1.15 bits per heavy atom. The molecule has 34 heavy (non-hydrogen) atoms. The first-order valence-electron chi connectivity index (χ1n) is 12.4. The molecule has 0 bridgehead atoms. The minimum atomic E-state index is -0.255. The molecule has 1 aromatic heterocycles. The van der Waals surface area contributed by atoms with Gasteiger partial charge < -0.3 is 24.5 Å². The molecular formula is C28H34N2O4. The molecule has 1 fully saturated rings. The molecule has 0 saturated heterocycles. The monoisotopic (exact) mass is 462 g/mol. The Morgan fingerprint density at radius 3 is 2.71 bits per heavy atom. The zero-order valence-electron chi connectivity index (χ0n) is 20.1. The number of fused-ring (bicyclic) bond motifs is 2. The van der Waals surface area contributed by atoms with Gasteiger partial charge in [-0.25, -0.2) is 4.79 Å². The summed E-state index contributed by atoms with van der Waals surface area (Å²) in [6, 6.07) is 6.39. The Morgan fingerprint density at radius 2 is 1.97 bits per heavy atom. The second kappa shape index (κ2) is 9.71. The van der Waals surface area contributed by atoms with E-state index in [-0.39, 0.29) is 18.6 Å². The molecule has 1 saturated carbocycles. The average molecular weight is 463 g/mol. The molecule has 6 nitrogen and oxygen atoms in total. The standard InChI is InChI=1S/C28H34N2O4/c1-33-24-12-11-22(27-21(24)13-15-30(27)14-6-16-31)26-25(18-7-4-3-5-8-18)20-10-9-19(28(32)34-2)17-23(20)29-26/h9-13,15,18,23,29,31H,3-8,14,16-17H2,1-2H3. The number of carbonyl (C=O) groups excluding carboxylic acids is 1. The predicted molar refractivity (Wildman–Crippen MR) is 133 cm³/mol. The van der Waals surface area contributed by atoms with E-state index in [1.165, 1.54) is 56.1 Å². The highest BCUT2D eigenvalue weighted by atomic mass is 16.5. The summed E-state index contributed by atoms with van der Waals surface area (Å²) in [7, 11) is 3.15. The van der Waals surface area contributed by atoms with Crippen LogP contribution in [0.3, 0.4) is 0 Å². The van der Waals surface area contributed by atoms with Gasteiger partial charge in [0.15, 0.2) is 0 Å². The fourth-order valence-corrected chi connectivity index (χ4v) is 5.95. The number of carbonyl (C=O) groups is 1. The van der Waals surface area contributed by atoms with Gasteiger partial charge in [0.25, 0.3) is 0 Å². The Labute approximate surface area is 200 Å². The van der Waals surface area contributed by atoms with E-state index >= 15 is 0 Å². The SMILES string of the molecule is COC(=O)C1=CC=C2C(C3CCCCC3)=C(c3ccc(OC)c4ccn(CCCO)c34)NC2C1. The largest absolute Gasteiger partial charge is 0.496 e. The van der Waals surface area contributed by atoms with Crippen LogP contribution in [-0.2, 0) is 16.1 Å². The van der Waals surface area contributed by atoms with Crippen molar-refractivity contribution in [2.75, 3.05) is 20.8 Å². The highest BCUT2D eigenvalue weighted by molar-refractivity contribution is 5.98. The Bertz CT molecular complexity index is 1180. The molecule has 0 radical (unpaired) electrons. The predicted octanol–water partition coefficient (Wildman–Crippen LogP) is 4.73. The first-order valence-corrected chi connectivity index (χ1v) is 12.4. The number of nitrogens with one attached hydrogen (secondary N) is 1. The summed E-state index contributed by atoms with van der Waals surface area (Å²) in [6.07, 6.45) is 13.7. The van der Waals surface area contributed by atoms with Gasteiger partial charge in [0.05, 0.1) is 25.8 Å². The van der Waals surface area contributed by atoms with Gasteiger partial charge in [-0.15, -0.1) is 0 Å². The molecule has 1 atom stereocenters. The van der Waals surface area contributed by atoms with Crippen molar-refractivity contribution in [1.82, 2.24) is 9.88 Å². The summed E-state index contributed by atoms with van der Waals surface area (Å²) in [5.41, 5.74) is 6.90. The summed E-state index contributed by atoms with van der Waals surface area (Å²) in [5, 5.41) is 14.4. The number of hydrogen-bond donors (Lipinski definition) is 2. The zero-order chi connectivity index (χ0) is 23.7. The van der Waals surface area contributed by atoms with E-state index in [4.69, 9.17) is 9.47 Å². The highest BCUT2D eigenvalue weighted by Gasteiger charge is 2.37. The van der Waals surface area contributed by atoms with Gasteiger partial charge >= 0.3 is 5.97 Å². The molecule has 2 N–H and O–H groups in total. The van der Waals surface area contributed by atoms with Crippen LogP contribution in [0.4, 0.5) is 0 Å². The molecule has 3 aliphatic rings. The number of aliphatic hydroxyl groups is 1. The van der Waals surface area contributed by atoms with E-state index in [1.807, 2.05) is 6.08 Å². The second-order valence-corrected chi connectivity index (χ2v) is 9.49. The quantitative estimate of drug-likeness (QED) is 0.583. The number of aromatic nitrogens is 1. The van der Waals surface area contributed by atoms with Crippen LogP contribution in [0.15, 0.2) is 53.3 Å². The van der Waals surface area contributed by atoms with E-state index in [2.05, 4.69) is 40.4 Å². The van der Waals surface area contributed by atoms with Gasteiger partial charge in [-0.05, 0) is 54.5 Å². The summed E-state index contributed by atoms with van der Waals surface area (Å²) < 4.78 is 12.9. The third-order valence-electron chi connectivity index (χ3n) is 7.56. The van der Waals surface area contributed by atoms with Crippen LogP contribution in [0.5, 0.6) is 5.75 Å².